The number of aromatic amines is 1. The van der Waals surface area contributed by atoms with Gasteiger partial charge in [-0.2, -0.15) is 0 Å². The topological polar surface area (TPSA) is 71.2 Å². The van der Waals surface area contributed by atoms with Crippen molar-refractivity contribution in [2.24, 2.45) is 0 Å². The monoisotopic (exact) mass is 362 g/mol. The fourth-order valence-electron chi connectivity index (χ4n) is 3.80. The lowest BCUT2D eigenvalue weighted by molar-refractivity contribution is 0.0487. The Morgan fingerprint density at radius 1 is 1.04 bits per heavy atom. The number of pyridine rings is 1. The third-order valence-corrected chi connectivity index (χ3v) is 5.46. The van der Waals surface area contributed by atoms with Crippen LogP contribution < -0.4 is 10.7 Å². The van der Waals surface area contributed by atoms with Gasteiger partial charge in [0.1, 0.15) is 5.56 Å². The molecule has 0 bridgehead atoms. The normalized spacial score (nSPS) is 16.1. The van der Waals surface area contributed by atoms with Crippen LogP contribution in [0.5, 0.6) is 0 Å². The minimum absolute atomic E-state index is 0.143. The van der Waals surface area contributed by atoms with Crippen LogP contribution in [0.15, 0.2) is 65.6 Å². The summed E-state index contributed by atoms with van der Waals surface area (Å²) >= 11 is 0. The van der Waals surface area contributed by atoms with E-state index in [1.54, 1.807) is 12.1 Å². The molecule has 0 spiro atoms. The summed E-state index contributed by atoms with van der Waals surface area (Å²) in [6.07, 6.45) is 3.18. The lowest BCUT2D eigenvalue weighted by Gasteiger charge is -2.38. The summed E-state index contributed by atoms with van der Waals surface area (Å²) in [6.45, 7) is 1.81. The first-order valence-electron chi connectivity index (χ1n) is 9.22. The van der Waals surface area contributed by atoms with Gasteiger partial charge in [0.25, 0.3) is 5.91 Å². The molecule has 1 saturated heterocycles. The molecule has 2 heterocycles. The zero-order chi connectivity index (χ0) is 18.7. The van der Waals surface area contributed by atoms with Gasteiger partial charge in [0.15, 0.2) is 0 Å². The molecule has 2 N–H and O–H groups in total. The maximum Gasteiger partial charge on any atom is 0.256 e. The van der Waals surface area contributed by atoms with Crippen LogP contribution in [0, 0.1) is 0 Å². The summed E-state index contributed by atoms with van der Waals surface area (Å²) in [5, 5.41) is 3.52. The standard InChI is InChI=1S/C22H22N2O3/c25-20-17-8-4-5-9-19(17)23-14-18(20)21(26)24-15-22(10-12-27-13-11-22)16-6-2-1-3-7-16/h1-9,14H,10-13,15H2,(H,23,25)(H,24,26). The maximum absolute atomic E-state index is 12.8. The second kappa shape index (κ2) is 7.37. The molecule has 138 valence electrons. The van der Waals surface area contributed by atoms with E-state index in [1.165, 1.54) is 11.8 Å². The minimum atomic E-state index is -0.344. The predicted octanol–water partition coefficient (Wildman–Crippen LogP) is 3.01. The highest BCUT2D eigenvalue weighted by Crippen LogP contribution is 2.34. The Kier molecular flexibility index (Phi) is 4.77. The van der Waals surface area contributed by atoms with E-state index in [2.05, 4.69) is 22.4 Å². The number of ether oxygens (including phenoxy) is 1. The van der Waals surface area contributed by atoms with Crippen molar-refractivity contribution in [2.75, 3.05) is 19.8 Å². The Hall–Kier alpha value is -2.92. The second-order valence-corrected chi connectivity index (χ2v) is 7.02. The number of rotatable bonds is 4. The molecule has 0 atom stereocenters. The van der Waals surface area contributed by atoms with Crippen LogP contribution in [0.2, 0.25) is 0 Å². The van der Waals surface area contributed by atoms with Crippen LogP contribution in [0.4, 0.5) is 0 Å². The van der Waals surface area contributed by atoms with E-state index >= 15 is 0 Å². The Balaban J connectivity index is 1.59. The average Bonchev–Trinajstić information content (AvgIpc) is 2.74. The number of nitrogens with one attached hydrogen (secondary N) is 2. The number of aromatic nitrogens is 1. The van der Waals surface area contributed by atoms with E-state index in [1.807, 2.05) is 30.3 Å². The van der Waals surface area contributed by atoms with Crippen molar-refractivity contribution in [1.82, 2.24) is 10.3 Å². The average molecular weight is 362 g/mol. The molecule has 0 aliphatic carbocycles. The smallest absolute Gasteiger partial charge is 0.256 e. The van der Waals surface area contributed by atoms with Gasteiger partial charge in [0.2, 0.25) is 5.43 Å². The number of carbonyl (C=O) groups excluding carboxylic acids is 1. The summed E-state index contributed by atoms with van der Waals surface area (Å²) in [7, 11) is 0. The van der Waals surface area contributed by atoms with E-state index in [0.29, 0.717) is 25.1 Å². The molecule has 3 aromatic rings. The highest BCUT2D eigenvalue weighted by Gasteiger charge is 2.35. The number of hydrogen-bond donors (Lipinski definition) is 2. The molecule has 1 fully saturated rings. The van der Waals surface area contributed by atoms with Crippen LogP contribution in [0.1, 0.15) is 28.8 Å². The molecule has 5 nitrogen and oxygen atoms in total. The highest BCUT2D eigenvalue weighted by atomic mass is 16.5. The van der Waals surface area contributed by atoms with Crippen molar-refractivity contribution in [1.29, 1.82) is 0 Å². The van der Waals surface area contributed by atoms with Gasteiger partial charge in [-0.3, -0.25) is 9.59 Å². The number of hydrogen-bond acceptors (Lipinski definition) is 3. The van der Waals surface area contributed by atoms with Gasteiger partial charge >= 0.3 is 0 Å². The lowest BCUT2D eigenvalue weighted by Crippen LogP contribution is -2.45. The van der Waals surface area contributed by atoms with E-state index < -0.39 is 0 Å². The fourth-order valence-corrected chi connectivity index (χ4v) is 3.80. The number of H-pyrrole nitrogens is 1. The molecule has 27 heavy (non-hydrogen) atoms. The first-order chi connectivity index (χ1) is 13.2. The summed E-state index contributed by atoms with van der Waals surface area (Å²) in [5.41, 5.74) is 1.65. The van der Waals surface area contributed by atoms with Crippen LogP contribution in [-0.4, -0.2) is 30.6 Å². The molecular formula is C22H22N2O3. The molecule has 1 aromatic heterocycles. The van der Waals surface area contributed by atoms with Crippen LogP contribution in [0.25, 0.3) is 10.9 Å². The van der Waals surface area contributed by atoms with Gasteiger partial charge in [-0.1, -0.05) is 42.5 Å². The van der Waals surface area contributed by atoms with Crippen LogP contribution in [-0.2, 0) is 10.2 Å². The van der Waals surface area contributed by atoms with Crippen molar-refractivity contribution in [2.45, 2.75) is 18.3 Å². The first-order valence-corrected chi connectivity index (χ1v) is 9.22. The van der Waals surface area contributed by atoms with Crippen LogP contribution >= 0.6 is 0 Å². The third-order valence-electron chi connectivity index (χ3n) is 5.46. The number of benzene rings is 2. The van der Waals surface area contributed by atoms with E-state index in [-0.39, 0.29) is 22.3 Å². The first kappa shape index (κ1) is 17.5. The molecule has 0 unspecified atom stereocenters. The van der Waals surface area contributed by atoms with E-state index in [4.69, 9.17) is 4.74 Å². The Bertz CT molecular complexity index is 1000. The van der Waals surface area contributed by atoms with E-state index in [0.717, 1.165) is 18.4 Å². The molecular weight excluding hydrogens is 340 g/mol. The number of amides is 1. The van der Waals surface area contributed by atoms with Crippen molar-refractivity contribution in [3.05, 3.63) is 82.1 Å². The zero-order valence-electron chi connectivity index (χ0n) is 15.0. The molecule has 5 heteroatoms. The SMILES string of the molecule is O=C(NCC1(c2ccccc2)CCOCC1)c1c[nH]c2ccccc2c1=O. The third kappa shape index (κ3) is 3.38. The number of para-hydroxylation sites is 1. The van der Waals surface area contributed by atoms with Gasteiger partial charge in [-0.15, -0.1) is 0 Å². The van der Waals surface area contributed by atoms with Gasteiger partial charge in [-0.05, 0) is 30.5 Å². The second-order valence-electron chi connectivity index (χ2n) is 7.02. The van der Waals surface area contributed by atoms with Gasteiger partial charge < -0.3 is 15.0 Å². The van der Waals surface area contributed by atoms with Gasteiger partial charge in [0.05, 0.1) is 0 Å². The largest absolute Gasteiger partial charge is 0.381 e. The number of carbonyl (C=O) groups is 1. The lowest BCUT2D eigenvalue weighted by atomic mass is 9.74. The molecule has 1 aliphatic rings. The molecule has 1 aliphatic heterocycles. The van der Waals surface area contributed by atoms with Gasteiger partial charge in [0, 0.05) is 42.3 Å². The quantitative estimate of drug-likeness (QED) is 0.749. The van der Waals surface area contributed by atoms with Crippen LogP contribution in [0.3, 0.4) is 0 Å². The molecule has 4 rings (SSSR count). The molecule has 2 aromatic carbocycles. The Morgan fingerprint density at radius 2 is 1.74 bits per heavy atom. The van der Waals surface area contributed by atoms with Crippen molar-refractivity contribution < 1.29 is 9.53 Å². The fraction of sp³-hybridized carbons (Fsp3) is 0.273. The van der Waals surface area contributed by atoms with Crippen molar-refractivity contribution in [3.8, 4) is 0 Å². The molecule has 0 radical (unpaired) electrons. The molecule has 1 amide bonds. The van der Waals surface area contributed by atoms with Gasteiger partial charge in [-0.25, -0.2) is 0 Å². The Morgan fingerprint density at radius 3 is 2.52 bits per heavy atom. The number of fused-ring (bicyclic) bond motifs is 1. The highest BCUT2D eigenvalue weighted by molar-refractivity contribution is 5.97. The summed E-state index contributed by atoms with van der Waals surface area (Å²) in [4.78, 5) is 28.5. The predicted molar refractivity (Wildman–Crippen MR) is 105 cm³/mol. The Labute approximate surface area is 157 Å². The summed E-state index contributed by atoms with van der Waals surface area (Å²) in [5.74, 6) is -0.344. The zero-order valence-corrected chi connectivity index (χ0v) is 15.0. The van der Waals surface area contributed by atoms with Crippen molar-refractivity contribution in [3.63, 3.8) is 0 Å². The summed E-state index contributed by atoms with van der Waals surface area (Å²) in [6, 6.07) is 17.4. The molecule has 0 saturated carbocycles. The van der Waals surface area contributed by atoms with E-state index in [9.17, 15) is 9.59 Å². The minimum Gasteiger partial charge on any atom is -0.381 e. The maximum atomic E-state index is 12.8. The summed E-state index contributed by atoms with van der Waals surface area (Å²) < 4.78 is 5.54. The van der Waals surface area contributed by atoms with Crippen molar-refractivity contribution >= 4 is 16.8 Å².